The fourth-order valence-corrected chi connectivity index (χ4v) is 6.09. The fraction of sp³-hybridized carbons (Fsp3) is 0.417. The number of benzene rings is 2. The van der Waals surface area contributed by atoms with Gasteiger partial charge in [0.15, 0.2) is 0 Å². The highest BCUT2D eigenvalue weighted by atomic mass is 32.2. The summed E-state index contributed by atoms with van der Waals surface area (Å²) in [5, 5.41) is 2.86. The van der Waals surface area contributed by atoms with Crippen LogP contribution in [0.15, 0.2) is 41.3 Å². The van der Waals surface area contributed by atoms with Gasteiger partial charge in [0.2, 0.25) is 15.9 Å². The summed E-state index contributed by atoms with van der Waals surface area (Å²) in [6.45, 7) is 8.23. The first-order valence-corrected chi connectivity index (χ1v) is 12.2. The Morgan fingerprint density at radius 2 is 1.59 bits per heavy atom. The fourth-order valence-electron chi connectivity index (χ4n) is 4.21. The average molecular weight is 459 g/mol. The van der Waals surface area contributed by atoms with Crippen molar-refractivity contribution in [2.45, 2.75) is 45.4 Å². The van der Waals surface area contributed by atoms with Crippen molar-refractivity contribution in [3.63, 3.8) is 0 Å². The number of rotatable bonds is 6. The van der Waals surface area contributed by atoms with E-state index in [9.17, 15) is 18.0 Å². The smallest absolute Gasteiger partial charge is 0.338 e. The number of piperidine rings is 1. The number of aryl methyl sites for hydroxylation is 3. The Labute approximate surface area is 189 Å². The molecule has 0 saturated carbocycles. The van der Waals surface area contributed by atoms with Gasteiger partial charge in [0, 0.05) is 24.7 Å². The second-order valence-electron chi connectivity index (χ2n) is 8.19. The zero-order chi connectivity index (χ0) is 23.5. The predicted octanol–water partition coefficient (Wildman–Crippen LogP) is 3.83. The summed E-state index contributed by atoms with van der Waals surface area (Å²) in [7, 11) is -3.61. The molecule has 1 fully saturated rings. The summed E-state index contributed by atoms with van der Waals surface area (Å²) in [5.41, 5.74) is 3.53. The Bertz CT molecular complexity index is 1080. The first kappa shape index (κ1) is 23.9. The minimum Gasteiger partial charge on any atom is -0.462 e. The Hall–Kier alpha value is -2.71. The lowest BCUT2D eigenvalue weighted by molar-refractivity contribution is -0.120. The summed E-state index contributed by atoms with van der Waals surface area (Å²) in [6, 6.07) is 10.3. The molecule has 2 aromatic carbocycles. The number of sulfonamides is 1. The molecule has 0 atom stereocenters. The molecule has 2 aromatic rings. The van der Waals surface area contributed by atoms with Crippen LogP contribution in [0.4, 0.5) is 5.69 Å². The molecule has 1 N–H and O–H groups in total. The van der Waals surface area contributed by atoms with Crippen LogP contribution in [-0.2, 0) is 19.6 Å². The second-order valence-corrected chi connectivity index (χ2v) is 10.1. The number of carbonyl (C=O) groups excluding carboxylic acids is 2. The molecule has 1 amide bonds. The minimum atomic E-state index is -3.61. The lowest BCUT2D eigenvalue weighted by atomic mass is 9.97. The van der Waals surface area contributed by atoms with Crippen LogP contribution in [0, 0.1) is 26.7 Å². The van der Waals surface area contributed by atoms with Gasteiger partial charge in [-0.1, -0.05) is 17.7 Å². The van der Waals surface area contributed by atoms with E-state index < -0.39 is 16.0 Å². The Morgan fingerprint density at radius 1 is 1.03 bits per heavy atom. The number of nitrogens with one attached hydrogen (secondary N) is 1. The van der Waals surface area contributed by atoms with Crippen molar-refractivity contribution in [1.82, 2.24) is 4.31 Å². The van der Waals surface area contributed by atoms with Crippen molar-refractivity contribution in [3.8, 4) is 0 Å². The van der Waals surface area contributed by atoms with Crippen LogP contribution in [0.1, 0.15) is 46.8 Å². The first-order chi connectivity index (χ1) is 15.1. The van der Waals surface area contributed by atoms with E-state index in [4.69, 9.17) is 4.74 Å². The molecular weight excluding hydrogens is 428 g/mol. The highest BCUT2D eigenvalue weighted by Gasteiger charge is 2.33. The van der Waals surface area contributed by atoms with Crippen LogP contribution >= 0.6 is 0 Å². The van der Waals surface area contributed by atoms with E-state index in [0.717, 1.165) is 16.7 Å². The van der Waals surface area contributed by atoms with Crippen molar-refractivity contribution >= 4 is 27.6 Å². The summed E-state index contributed by atoms with van der Waals surface area (Å²) < 4.78 is 32.9. The van der Waals surface area contributed by atoms with Gasteiger partial charge in [-0.15, -0.1) is 0 Å². The van der Waals surface area contributed by atoms with E-state index >= 15 is 0 Å². The van der Waals surface area contributed by atoms with Crippen molar-refractivity contribution in [2.24, 2.45) is 5.92 Å². The first-order valence-electron chi connectivity index (χ1n) is 10.8. The van der Waals surface area contributed by atoms with Crippen molar-refractivity contribution in [1.29, 1.82) is 0 Å². The van der Waals surface area contributed by atoms with E-state index in [1.165, 1.54) is 4.31 Å². The van der Waals surface area contributed by atoms with Gasteiger partial charge in [0.05, 0.1) is 17.1 Å². The summed E-state index contributed by atoms with van der Waals surface area (Å²) in [5.74, 6) is -0.821. The van der Waals surface area contributed by atoms with Gasteiger partial charge in [0.1, 0.15) is 0 Å². The molecular formula is C24H30N2O5S. The molecule has 0 bridgehead atoms. The third-order valence-corrected chi connectivity index (χ3v) is 7.90. The predicted molar refractivity (Wildman–Crippen MR) is 123 cm³/mol. The average Bonchev–Trinajstić information content (AvgIpc) is 2.73. The van der Waals surface area contributed by atoms with Crippen molar-refractivity contribution in [2.75, 3.05) is 25.0 Å². The van der Waals surface area contributed by atoms with Gasteiger partial charge in [-0.05, 0) is 75.9 Å². The standard InChI is InChI=1S/C24H30N2O5S/c1-5-31-24(28)20-6-8-21(9-7-20)25-23(27)19-10-12-26(13-11-19)32(29,30)22-17(3)14-16(2)15-18(22)4/h6-9,14-15,19H,5,10-13H2,1-4H3,(H,25,27). The number of ether oxygens (including phenoxy) is 1. The van der Waals surface area contributed by atoms with Gasteiger partial charge < -0.3 is 10.1 Å². The maximum absolute atomic E-state index is 13.2. The molecule has 1 aliphatic rings. The van der Waals surface area contributed by atoms with Crippen LogP contribution in [0.2, 0.25) is 0 Å². The Balaban J connectivity index is 1.62. The van der Waals surface area contributed by atoms with Crippen LogP contribution in [0.3, 0.4) is 0 Å². The molecule has 0 radical (unpaired) electrons. The quantitative estimate of drug-likeness (QED) is 0.664. The summed E-state index contributed by atoms with van der Waals surface area (Å²) >= 11 is 0. The molecule has 1 saturated heterocycles. The van der Waals surface area contributed by atoms with Crippen LogP contribution in [-0.4, -0.2) is 44.3 Å². The third-order valence-electron chi connectivity index (χ3n) is 5.69. The molecule has 32 heavy (non-hydrogen) atoms. The van der Waals surface area contributed by atoms with E-state index in [1.54, 1.807) is 31.2 Å². The molecule has 172 valence electrons. The van der Waals surface area contributed by atoms with E-state index in [0.29, 0.717) is 48.7 Å². The zero-order valence-electron chi connectivity index (χ0n) is 19.0. The summed E-state index contributed by atoms with van der Waals surface area (Å²) in [4.78, 5) is 24.8. The monoisotopic (exact) mass is 458 g/mol. The molecule has 1 heterocycles. The van der Waals surface area contributed by atoms with Gasteiger partial charge in [-0.3, -0.25) is 4.79 Å². The number of anilines is 1. The molecule has 0 unspecified atom stereocenters. The Morgan fingerprint density at radius 3 is 2.12 bits per heavy atom. The highest BCUT2D eigenvalue weighted by Crippen LogP contribution is 2.29. The van der Waals surface area contributed by atoms with E-state index in [-0.39, 0.29) is 11.8 Å². The van der Waals surface area contributed by atoms with Gasteiger partial charge >= 0.3 is 5.97 Å². The SMILES string of the molecule is CCOC(=O)c1ccc(NC(=O)C2CCN(S(=O)(=O)c3c(C)cc(C)cc3C)CC2)cc1. The number of amides is 1. The topological polar surface area (TPSA) is 92.8 Å². The van der Waals surface area contributed by atoms with Gasteiger partial charge in [-0.25, -0.2) is 13.2 Å². The number of hydrogen-bond donors (Lipinski definition) is 1. The molecule has 0 aliphatic carbocycles. The van der Waals surface area contributed by atoms with E-state index in [2.05, 4.69) is 5.32 Å². The maximum atomic E-state index is 13.2. The van der Waals surface area contributed by atoms with Crippen molar-refractivity contribution < 1.29 is 22.7 Å². The van der Waals surface area contributed by atoms with Crippen LogP contribution in [0.5, 0.6) is 0 Å². The second kappa shape index (κ2) is 9.83. The normalized spacial score (nSPS) is 15.4. The number of esters is 1. The van der Waals surface area contributed by atoms with Gasteiger partial charge in [-0.2, -0.15) is 4.31 Å². The summed E-state index contributed by atoms with van der Waals surface area (Å²) in [6.07, 6.45) is 0.909. The molecule has 0 aromatic heterocycles. The third kappa shape index (κ3) is 5.19. The number of hydrogen-bond acceptors (Lipinski definition) is 5. The number of nitrogens with zero attached hydrogens (tertiary/aromatic N) is 1. The highest BCUT2D eigenvalue weighted by molar-refractivity contribution is 7.89. The molecule has 1 aliphatic heterocycles. The minimum absolute atomic E-state index is 0.145. The van der Waals surface area contributed by atoms with Crippen LogP contribution in [0.25, 0.3) is 0 Å². The molecule has 0 spiro atoms. The lowest BCUT2D eigenvalue weighted by Crippen LogP contribution is -2.41. The van der Waals surface area contributed by atoms with Gasteiger partial charge in [0.25, 0.3) is 0 Å². The lowest BCUT2D eigenvalue weighted by Gasteiger charge is -2.31. The van der Waals surface area contributed by atoms with Crippen molar-refractivity contribution in [3.05, 3.63) is 58.7 Å². The maximum Gasteiger partial charge on any atom is 0.338 e. The molecule has 7 nitrogen and oxygen atoms in total. The molecule has 3 rings (SSSR count). The number of carbonyl (C=O) groups is 2. The zero-order valence-corrected chi connectivity index (χ0v) is 19.8. The van der Waals surface area contributed by atoms with Crippen LogP contribution < -0.4 is 5.32 Å². The Kier molecular flexibility index (Phi) is 7.36. The van der Waals surface area contributed by atoms with E-state index in [1.807, 2.05) is 32.9 Å². The molecule has 8 heteroatoms. The largest absolute Gasteiger partial charge is 0.462 e.